The predicted octanol–water partition coefficient (Wildman–Crippen LogP) is 3.27. The van der Waals surface area contributed by atoms with Gasteiger partial charge in [-0.1, -0.05) is 36.4 Å². The normalized spacial score (nSPS) is 14.9. The van der Waals surface area contributed by atoms with E-state index in [1.54, 1.807) is 14.2 Å². The molecule has 0 saturated heterocycles. The van der Waals surface area contributed by atoms with E-state index in [1.807, 2.05) is 48.5 Å². The van der Waals surface area contributed by atoms with E-state index in [9.17, 15) is 10.2 Å². The summed E-state index contributed by atoms with van der Waals surface area (Å²) in [7, 11) is 3.20. The monoisotopic (exact) mass is 414 g/mol. The molecule has 0 radical (unpaired) electrons. The Kier molecular flexibility index (Phi) is 9.57. The van der Waals surface area contributed by atoms with Crippen LogP contribution in [0.15, 0.2) is 73.8 Å². The molecule has 2 aromatic rings. The van der Waals surface area contributed by atoms with Crippen LogP contribution in [0.25, 0.3) is 0 Å². The predicted molar refractivity (Wildman–Crippen MR) is 116 cm³/mol. The molecule has 0 aromatic heterocycles. The van der Waals surface area contributed by atoms with Crippen LogP contribution in [0.5, 0.6) is 11.5 Å². The first kappa shape index (κ1) is 23.6. The Morgan fingerprint density at radius 3 is 1.63 bits per heavy atom. The summed E-state index contributed by atoms with van der Waals surface area (Å²) in [4.78, 5) is 0. The Hall–Kier alpha value is -2.64. The third-order valence-corrected chi connectivity index (χ3v) is 4.69. The molecule has 162 valence electrons. The van der Waals surface area contributed by atoms with Crippen LogP contribution < -0.4 is 9.47 Å². The van der Waals surface area contributed by atoms with Gasteiger partial charge in [0.2, 0.25) is 0 Å². The fraction of sp³-hybridized carbons (Fsp3) is 0.333. The zero-order valence-corrected chi connectivity index (χ0v) is 17.4. The molecule has 0 aliphatic carbocycles. The molecule has 2 aromatic carbocycles. The van der Waals surface area contributed by atoms with E-state index in [-0.39, 0.29) is 13.2 Å². The summed E-state index contributed by atoms with van der Waals surface area (Å²) in [5.74, 6) is 1.49. The Morgan fingerprint density at radius 2 is 1.23 bits per heavy atom. The number of rotatable bonds is 13. The quantitative estimate of drug-likeness (QED) is 0.490. The summed E-state index contributed by atoms with van der Waals surface area (Å²) in [5.41, 5.74) is 1.79. The van der Waals surface area contributed by atoms with Crippen molar-refractivity contribution in [3.63, 3.8) is 0 Å². The smallest absolute Gasteiger partial charge is 0.118 e. The molecule has 0 heterocycles. The molecule has 0 bridgehead atoms. The molecule has 6 heteroatoms. The lowest BCUT2D eigenvalue weighted by Gasteiger charge is -2.30. The summed E-state index contributed by atoms with van der Waals surface area (Å²) >= 11 is 0. The second-order valence-corrected chi connectivity index (χ2v) is 6.70. The first-order valence-corrected chi connectivity index (χ1v) is 9.62. The summed E-state index contributed by atoms with van der Waals surface area (Å²) in [6, 6.07) is 14.8. The van der Waals surface area contributed by atoms with Crippen LogP contribution in [-0.2, 0) is 22.7 Å². The van der Waals surface area contributed by atoms with Crippen molar-refractivity contribution in [3.05, 3.63) is 85.0 Å². The number of methoxy groups -OCH3 is 2. The highest BCUT2D eigenvalue weighted by Crippen LogP contribution is 2.19. The van der Waals surface area contributed by atoms with Crippen molar-refractivity contribution in [3.8, 4) is 11.5 Å². The Labute approximate surface area is 178 Å². The van der Waals surface area contributed by atoms with E-state index in [0.717, 1.165) is 22.6 Å². The minimum Gasteiger partial charge on any atom is -0.497 e. The molecule has 4 atom stereocenters. The Morgan fingerprint density at radius 1 is 0.767 bits per heavy atom. The van der Waals surface area contributed by atoms with Crippen molar-refractivity contribution in [2.75, 3.05) is 14.2 Å². The van der Waals surface area contributed by atoms with E-state index in [1.165, 1.54) is 12.2 Å². The van der Waals surface area contributed by atoms with Crippen molar-refractivity contribution in [1.29, 1.82) is 0 Å². The van der Waals surface area contributed by atoms with Gasteiger partial charge in [-0.15, -0.1) is 13.2 Å². The van der Waals surface area contributed by atoms with E-state index >= 15 is 0 Å². The molecule has 2 N–H and O–H groups in total. The molecule has 30 heavy (non-hydrogen) atoms. The average molecular weight is 414 g/mol. The molecule has 0 spiro atoms. The fourth-order valence-corrected chi connectivity index (χ4v) is 2.85. The number of aliphatic hydroxyl groups excluding tert-OH is 2. The highest BCUT2D eigenvalue weighted by Gasteiger charge is 2.32. The van der Waals surface area contributed by atoms with Crippen LogP contribution in [-0.4, -0.2) is 48.8 Å². The molecule has 0 aliphatic heterocycles. The third-order valence-electron chi connectivity index (χ3n) is 4.69. The van der Waals surface area contributed by atoms with Crippen molar-refractivity contribution >= 4 is 0 Å². The number of benzene rings is 2. The number of ether oxygens (including phenoxy) is 4. The largest absolute Gasteiger partial charge is 0.497 e. The molecular weight excluding hydrogens is 384 g/mol. The Balaban J connectivity index is 2.01. The highest BCUT2D eigenvalue weighted by molar-refractivity contribution is 5.27. The summed E-state index contributed by atoms with van der Waals surface area (Å²) in [5, 5.41) is 21.1. The standard InChI is InChI=1S/C24H30O6/c1-5-21(25)24(30-16-18-9-13-20(28-4)14-10-18)23(26)22(6-2)29-15-17-7-11-19(27-3)12-8-17/h5-14,21-26H,1-2,15-16H2,3-4H3/t21-,22-,23+,24+/m0/s1. The lowest BCUT2D eigenvalue weighted by atomic mass is 10.0. The molecule has 6 nitrogen and oxygen atoms in total. The van der Waals surface area contributed by atoms with Gasteiger partial charge in [-0.3, -0.25) is 0 Å². The van der Waals surface area contributed by atoms with Gasteiger partial charge in [0.25, 0.3) is 0 Å². The zero-order chi connectivity index (χ0) is 21.9. The topological polar surface area (TPSA) is 77.4 Å². The van der Waals surface area contributed by atoms with Crippen molar-refractivity contribution < 1.29 is 29.2 Å². The summed E-state index contributed by atoms with van der Waals surface area (Å²) in [6.45, 7) is 7.80. The second-order valence-electron chi connectivity index (χ2n) is 6.70. The molecule has 0 unspecified atom stereocenters. The van der Waals surface area contributed by atoms with E-state index in [4.69, 9.17) is 18.9 Å². The van der Waals surface area contributed by atoms with Crippen LogP contribution in [0.3, 0.4) is 0 Å². The molecule has 0 saturated carbocycles. The minimum absolute atomic E-state index is 0.193. The van der Waals surface area contributed by atoms with Gasteiger partial charge in [-0.25, -0.2) is 0 Å². The van der Waals surface area contributed by atoms with Crippen LogP contribution in [0, 0.1) is 0 Å². The van der Waals surface area contributed by atoms with Gasteiger partial charge in [-0.2, -0.15) is 0 Å². The lowest BCUT2D eigenvalue weighted by Crippen LogP contribution is -2.45. The SMILES string of the molecule is C=C[C@H](OCc1ccc(OC)cc1)[C@@H](O)[C@H](OCc1ccc(OC)cc1)[C@@H](O)C=C. The Bertz CT molecular complexity index is 771. The van der Waals surface area contributed by atoms with Gasteiger partial charge in [-0.05, 0) is 35.4 Å². The van der Waals surface area contributed by atoms with Gasteiger partial charge in [0, 0.05) is 0 Å². The molecule has 0 aliphatic rings. The number of aliphatic hydroxyl groups is 2. The maximum absolute atomic E-state index is 10.8. The second kappa shape index (κ2) is 12.1. The van der Waals surface area contributed by atoms with Crippen molar-refractivity contribution in [2.45, 2.75) is 37.6 Å². The van der Waals surface area contributed by atoms with Crippen LogP contribution in [0.4, 0.5) is 0 Å². The highest BCUT2D eigenvalue weighted by atomic mass is 16.5. The first-order valence-electron chi connectivity index (χ1n) is 9.62. The van der Waals surface area contributed by atoms with Gasteiger partial charge >= 0.3 is 0 Å². The van der Waals surface area contributed by atoms with Crippen LogP contribution >= 0.6 is 0 Å². The fourth-order valence-electron chi connectivity index (χ4n) is 2.85. The van der Waals surface area contributed by atoms with Crippen molar-refractivity contribution in [2.24, 2.45) is 0 Å². The van der Waals surface area contributed by atoms with Crippen LogP contribution in [0.1, 0.15) is 11.1 Å². The molecule has 2 rings (SSSR count). The maximum atomic E-state index is 10.8. The van der Waals surface area contributed by atoms with Gasteiger partial charge in [0.1, 0.15) is 35.9 Å². The number of hydrogen-bond donors (Lipinski definition) is 2. The van der Waals surface area contributed by atoms with E-state index in [2.05, 4.69) is 13.2 Å². The molecule has 0 amide bonds. The maximum Gasteiger partial charge on any atom is 0.118 e. The summed E-state index contributed by atoms with van der Waals surface area (Å²) < 4.78 is 21.9. The number of hydrogen-bond acceptors (Lipinski definition) is 6. The summed E-state index contributed by atoms with van der Waals surface area (Å²) in [6.07, 6.45) is -1.09. The third kappa shape index (κ3) is 6.71. The zero-order valence-electron chi connectivity index (χ0n) is 17.4. The molecular formula is C24H30O6. The average Bonchev–Trinajstić information content (AvgIpc) is 2.80. The van der Waals surface area contributed by atoms with Gasteiger partial charge in [0.15, 0.2) is 0 Å². The molecule has 0 fully saturated rings. The van der Waals surface area contributed by atoms with Gasteiger partial charge < -0.3 is 29.2 Å². The van der Waals surface area contributed by atoms with E-state index < -0.39 is 24.4 Å². The first-order chi connectivity index (χ1) is 14.5. The van der Waals surface area contributed by atoms with E-state index in [0.29, 0.717) is 0 Å². The van der Waals surface area contributed by atoms with Gasteiger partial charge in [0.05, 0.1) is 27.4 Å². The minimum atomic E-state index is -1.15. The lowest BCUT2D eigenvalue weighted by molar-refractivity contribution is -0.134. The van der Waals surface area contributed by atoms with Crippen LogP contribution in [0.2, 0.25) is 0 Å². The van der Waals surface area contributed by atoms with Crippen molar-refractivity contribution in [1.82, 2.24) is 0 Å².